The van der Waals surface area contributed by atoms with Gasteiger partial charge in [0, 0.05) is 5.75 Å². The number of thioether (sulfide) groups is 1. The third kappa shape index (κ3) is 4.74. The molecule has 0 aliphatic carbocycles. The number of hydrogen-bond donors (Lipinski definition) is 1. The molecule has 9 heteroatoms. The predicted molar refractivity (Wildman–Crippen MR) is 87.7 cm³/mol. The molecule has 0 radical (unpaired) electrons. The van der Waals surface area contributed by atoms with E-state index in [9.17, 15) is 13.9 Å². The Kier molecular flexibility index (Phi) is 5.56. The molecular weight excluding hydrogens is 350 g/mol. The molecule has 0 saturated carbocycles. The van der Waals surface area contributed by atoms with Crippen LogP contribution in [-0.4, -0.2) is 43.8 Å². The summed E-state index contributed by atoms with van der Waals surface area (Å²) in [7, 11) is 0. The van der Waals surface area contributed by atoms with Crippen molar-refractivity contribution in [2.75, 3.05) is 12.4 Å². The van der Waals surface area contributed by atoms with Crippen LogP contribution in [0.3, 0.4) is 0 Å². The molecule has 0 aliphatic heterocycles. The van der Waals surface area contributed by atoms with Crippen molar-refractivity contribution in [3.8, 4) is 11.4 Å². The van der Waals surface area contributed by atoms with Crippen LogP contribution in [0, 0.1) is 11.6 Å². The summed E-state index contributed by atoms with van der Waals surface area (Å²) >= 11 is 1.21. The molecule has 1 N–H and O–H groups in total. The summed E-state index contributed by atoms with van der Waals surface area (Å²) in [4.78, 5) is 0. The quantitative estimate of drug-likeness (QED) is 0.650. The molecule has 0 fully saturated rings. The number of tetrazole rings is 1. The van der Waals surface area contributed by atoms with Crippen molar-refractivity contribution >= 4 is 11.8 Å². The highest BCUT2D eigenvalue weighted by Gasteiger charge is 2.13. The van der Waals surface area contributed by atoms with E-state index in [1.807, 2.05) is 0 Å². The topological polar surface area (TPSA) is 73.1 Å². The standard InChI is InChI=1S/C16H14F2N4O2S/c17-11-4-6-15(7-5-11)24-9-14(23)10-25-16-19-20-21-22(16)13-3-1-2-12(18)8-13/h1-8,14,23H,9-10H2. The van der Waals surface area contributed by atoms with Gasteiger partial charge in [-0.15, -0.1) is 5.10 Å². The highest BCUT2D eigenvalue weighted by Crippen LogP contribution is 2.20. The predicted octanol–water partition coefficient (Wildman–Crippen LogP) is 2.47. The summed E-state index contributed by atoms with van der Waals surface area (Å²) in [6, 6.07) is 11.4. The van der Waals surface area contributed by atoms with Crippen molar-refractivity contribution in [3.63, 3.8) is 0 Å². The van der Waals surface area contributed by atoms with E-state index in [0.29, 0.717) is 16.6 Å². The maximum Gasteiger partial charge on any atom is 0.214 e. The lowest BCUT2D eigenvalue weighted by atomic mass is 10.3. The molecule has 1 aromatic heterocycles. The van der Waals surface area contributed by atoms with Crippen LogP contribution in [-0.2, 0) is 0 Å². The molecular formula is C16H14F2N4O2S. The van der Waals surface area contributed by atoms with Gasteiger partial charge in [0.25, 0.3) is 0 Å². The maximum absolute atomic E-state index is 13.3. The van der Waals surface area contributed by atoms with Crippen LogP contribution in [0.15, 0.2) is 53.7 Å². The summed E-state index contributed by atoms with van der Waals surface area (Å²) in [5, 5.41) is 21.7. The number of benzene rings is 2. The number of aliphatic hydroxyl groups is 1. The van der Waals surface area contributed by atoms with Gasteiger partial charge in [-0.25, -0.2) is 8.78 Å². The first-order valence-corrected chi connectivity index (χ1v) is 8.34. The molecule has 0 spiro atoms. The van der Waals surface area contributed by atoms with Gasteiger partial charge in [0.05, 0.1) is 11.8 Å². The largest absolute Gasteiger partial charge is 0.491 e. The normalized spacial score (nSPS) is 12.1. The number of ether oxygens (including phenoxy) is 1. The molecule has 1 atom stereocenters. The fourth-order valence-corrected chi connectivity index (χ4v) is 2.78. The number of nitrogens with zero attached hydrogens (tertiary/aromatic N) is 4. The third-order valence-corrected chi connectivity index (χ3v) is 4.22. The van der Waals surface area contributed by atoms with Crippen molar-refractivity contribution < 1.29 is 18.6 Å². The second kappa shape index (κ2) is 8.04. The zero-order valence-electron chi connectivity index (χ0n) is 12.9. The molecule has 130 valence electrons. The summed E-state index contributed by atoms with van der Waals surface area (Å²) in [5.74, 6) is -0.00368. The van der Waals surface area contributed by atoms with Gasteiger partial charge in [0.2, 0.25) is 5.16 Å². The van der Waals surface area contributed by atoms with Crippen LogP contribution >= 0.6 is 11.8 Å². The van der Waals surface area contributed by atoms with E-state index in [4.69, 9.17) is 4.74 Å². The Labute approximate surface area is 146 Å². The Morgan fingerprint density at radius 1 is 1.12 bits per heavy atom. The van der Waals surface area contributed by atoms with Crippen LogP contribution in [0.5, 0.6) is 5.75 Å². The van der Waals surface area contributed by atoms with E-state index >= 15 is 0 Å². The van der Waals surface area contributed by atoms with Crippen LogP contribution in [0.25, 0.3) is 5.69 Å². The molecule has 2 aromatic carbocycles. The first-order valence-electron chi connectivity index (χ1n) is 7.35. The second-order valence-corrected chi connectivity index (χ2v) is 6.07. The van der Waals surface area contributed by atoms with Crippen molar-refractivity contribution in [2.24, 2.45) is 0 Å². The molecule has 3 rings (SSSR count). The Morgan fingerprint density at radius 2 is 1.92 bits per heavy atom. The molecule has 0 saturated heterocycles. The van der Waals surface area contributed by atoms with Gasteiger partial charge >= 0.3 is 0 Å². The van der Waals surface area contributed by atoms with Crippen LogP contribution in [0.2, 0.25) is 0 Å². The van der Waals surface area contributed by atoms with Gasteiger partial charge < -0.3 is 9.84 Å². The molecule has 6 nitrogen and oxygen atoms in total. The molecule has 1 heterocycles. The zero-order valence-corrected chi connectivity index (χ0v) is 13.7. The van der Waals surface area contributed by atoms with Crippen molar-refractivity contribution in [1.29, 1.82) is 0 Å². The lowest BCUT2D eigenvalue weighted by Crippen LogP contribution is -2.20. The monoisotopic (exact) mass is 364 g/mol. The summed E-state index contributed by atoms with van der Waals surface area (Å²) in [6.07, 6.45) is -0.785. The number of halogens is 2. The Morgan fingerprint density at radius 3 is 2.68 bits per heavy atom. The van der Waals surface area contributed by atoms with Gasteiger partial charge in [-0.05, 0) is 52.9 Å². The molecule has 3 aromatic rings. The molecule has 0 amide bonds. The fraction of sp³-hybridized carbons (Fsp3) is 0.188. The number of aromatic nitrogens is 4. The number of hydrogen-bond acceptors (Lipinski definition) is 6. The molecule has 0 aliphatic rings. The average molecular weight is 364 g/mol. The number of rotatable bonds is 7. The van der Waals surface area contributed by atoms with E-state index in [2.05, 4.69) is 15.5 Å². The van der Waals surface area contributed by atoms with Crippen molar-refractivity contribution in [2.45, 2.75) is 11.3 Å². The first kappa shape index (κ1) is 17.3. The van der Waals surface area contributed by atoms with E-state index in [1.165, 1.54) is 52.8 Å². The van der Waals surface area contributed by atoms with E-state index in [0.717, 1.165) is 0 Å². The lowest BCUT2D eigenvalue weighted by Gasteiger charge is -2.12. The minimum absolute atomic E-state index is 0.0418. The lowest BCUT2D eigenvalue weighted by molar-refractivity contribution is 0.126. The Bertz CT molecular complexity index is 829. The zero-order chi connectivity index (χ0) is 17.6. The van der Waals surface area contributed by atoms with Crippen molar-refractivity contribution in [1.82, 2.24) is 20.2 Å². The second-order valence-electron chi connectivity index (χ2n) is 5.08. The summed E-state index contributed by atoms with van der Waals surface area (Å²) in [6.45, 7) is 0.0418. The van der Waals surface area contributed by atoms with Gasteiger partial charge in [0.15, 0.2) is 0 Å². The first-order chi connectivity index (χ1) is 12.1. The van der Waals surface area contributed by atoms with Crippen LogP contribution < -0.4 is 4.74 Å². The Hall–Kier alpha value is -2.52. The minimum atomic E-state index is -0.785. The van der Waals surface area contributed by atoms with Crippen LogP contribution in [0.1, 0.15) is 0 Å². The van der Waals surface area contributed by atoms with Gasteiger partial charge in [0.1, 0.15) is 24.0 Å². The SMILES string of the molecule is OC(COc1ccc(F)cc1)CSc1nnnn1-c1cccc(F)c1. The summed E-state index contributed by atoms with van der Waals surface area (Å²) in [5.41, 5.74) is 0.490. The van der Waals surface area contributed by atoms with Gasteiger partial charge in [-0.1, -0.05) is 17.8 Å². The fourth-order valence-electron chi connectivity index (χ4n) is 1.98. The molecule has 0 bridgehead atoms. The van der Waals surface area contributed by atoms with E-state index in [-0.39, 0.29) is 18.2 Å². The van der Waals surface area contributed by atoms with Crippen molar-refractivity contribution in [3.05, 3.63) is 60.2 Å². The smallest absolute Gasteiger partial charge is 0.214 e. The third-order valence-electron chi connectivity index (χ3n) is 3.15. The molecule has 1 unspecified atom stereocenters. The molecule has 25 heavy (non-hydrogen) atoms. The van der Waals surface area contributed by atoms with Crippen LogP contribution in [0.4, 0.5) is 8.78 Å². The van der Waals surface area contributed by atoms with Gasteiger partial charge in [-0.2, -0.15) is 4.68 Å². The average Bonchev–Trinajstić information content (AvgIpc) is 3.08. The number of aliphatic hydroxyl groups excluding tert-OH is 1. The highest BCUT2D eigenvalue weighted by atomic mass is 32.2. The van der Waals surface area contributed by atoms with Gasteiger partial charge in [-0.3, -0.25) is 0 Å². The van der Waals surface area contributed by atoms with E-state index < -0.39 is 11.9 Å². The van der Waals surface area contributed by atoms with E-state index in [1.54, 1.807) is 12.1 Å². The Balaban J connectivity index is 1.55. The highest BCUT2D eigenvalue weighted by molar-refractivity contribution is 7.99. The maximum atomic E-state index is 13.3. The minimum Gasteiger partial charge on any atom is -0.491 e. The summed E-state index contributed by atoms with van der Waals surface area (Å²) < 4.78 is 32.9.